The number of hydrogen-bond donors (Lipinski definition) is 1. The van der Waals surface area contributed by atoms with Gasteiger partial charge >= 0.3 is 5.97 Å². The van der Waals surface area contributed by atoms with Crippen LogP contribution in [0.3, 0.4) is 0 Å². The molecule has 0 fully saturated rings. The van der Waals surface area contributed by atoms with Crippen molar-refractivity contribution in [2.75, 3.05) is 0 Å². The summed E-state index contributed by atoms with van der Waals surface area (Å²) >= 11 is 5.72. The number of aromatic nitrogens is 1. The van der Waals surface area contributed by atoms with Crippen molar-refractivity contribution in [2.45, 2.75) is 6.61 Å². The molecule has 4 nitrogen and oxygen atoms in total. The van der Waals surface area contributed by atoms with E-state index in [1.165, 1.54) is 12.3 Å². The van der Waals surface area contributed by atoms with Crippen LogP contribution in [0, 0.1) is 0 Å². The maximum absolute atomic E-state index is 11.0. The predicted octanol–water partition coefficient (Wildman–Crippen LogP) is 3.01. The lowest BCUT2D eigenvalue weighted by Gasteiger charge is -2.09. The quantitative estimate of drug-likeness (QED) is 0.862. The van der Waals surface area contributed by atoms with Gasteiger partial charge in [-0.15, -0.1) is 0 Å². The van der Waals surface area contributed by atoms with E-state index in [9.17, 15) is 4.79 Å². The summed E-state index contributed by atoms with van der Waals surface area (Å²) in [5.41, 5.74) is 0.942. The molecule has 92 valence electrons. The molecule has 5 heteroatoms. The molecule has 0 atom stereocenters. The largest absolute Gasteiger partial charge is 0.488 e. The van der Waals surface area contributed by atoms with Gasteiger partial charge in [0.15, 0.2) is 0 Å². The first-order valence-corrected chi connectivity index (χ1v) is 5.60. The number of ether oxygens (including phenoxy) is 1. The number of halogens is 1. The molecule has 0 unspecified atom stereocenters. The van der Waals surface area contributed by atoms with Gasteiger partial charge in [0.2, 0.25) is 0 Å². The molecule has 0 amide bonds. The van der Waals surface area contributed by atoms with E-state index in [-0.39, 0.29) is 23.1 Å². The van der Waals surface area contributed by atoms with E-state index in [0.29, 0.717) is 0 Å². The Labute approximate surface area is 109 Å². The number of carbonyl (C=O) groups is 1. The maximum atomic E-state index is 11.0. The van der Waals surface area contributed by atoms with Crippen molar-refractivity contribution in [2.24, 2.45) is 0 Å². The van der Waals surface area contributed by atoms with Crippen LogP contribution >= 0.6 is 11.6 Å². The summed E-state index contributed by atoms with van der Waals surface area (Å²) < 4.78 is 5.46. The smallest absolute Gasteiger partial charge is 0.341 e. The second kappa shape index (κ2) is 5.51. The van der Waals surface area contributed by atoms with Gasteiger partial charge < -0.3 is 9.84 Å². The lowest BCUT2D eigenvalue weighted by atomic mass is 10.2. The van der Waals surface area contributed by atoms with E-state index in [4.69, 9.17) is 21.4 Å². The minimum atomic E-state index is -1.10. The van der Waals surface area contributed by atoms with E-state index >= 15 is 0 Å². The van der Waals surface area contributed by atoms with Crippen LogP contribution in [0.5, 0.6) is 5.75 Å². The van der Waals surface area contributed by atoms with Crippen LogP contribution in [0.4, 0.5) is 0 Å². The molecular weight excluding hydrogens is 254 g/mol. The van der Waals surface area contributed by atoms with Gasteiger partial charge in [-0.05, 0) is 5.56 Å². The van der Waals surface area contributed by atoms with E-state index in [1.54, 1.807) is 0 Å². The van der Waals surface area contributed by atoms with Crippen molar-refractivity contribution < 1.29 is 14.6 Å². The Hall–Kier alpha value is -2.07. The summed E-state index contributed by atoms with van der Waals surface area (Å²) in [6.45, 7) is 0.279. The number of benzene rings is 1. The van der Waals surface area contributed by atoms with Crippen LogP contribution in [0.15, 0.2) is 42.6 Å². The van der Waals surface area contributed by atoms with Crippen LogP contribution in [0.25, 0.3) is 0 Å². The summed E-state index contributed by atoms with van der Waals surface area (Å²) in [6, 6.07) is 10.8. The second-order valence-corrected chi connectivity index (χ2v) is 3.97. The molecule has 18 heavy (non-hydrogen) atoms. The molecule has 1 heterocycles. The summed E-state index contributed by atoms with van der Waals surface area (Å²) in [5, 5.41) is 9.19. The average molecular weight is 264 g/mol. The van der Waals surface area contributed by atoms with Crippen LogP contribution in [-0.4, -0.2) is 16.1 Å². The summed E-state index contributed by atoms with van der Waals surface area (Å²) in [4.78, 5) is 14.7. The zero-order valence-electron chi connectivity index (χ0n) is 9.34. The molecule has 0 aliphatic rings. The Morgan fingerprint density at radius 3 is 2.72 bits per heavy atom. The standard InChI is InChI=1S/C13H10ClNO3/c14-12-6-11(10(7-15-12)13(16)17)18-8-9-4-2-1-3-5-9/h1-7H,8H2,(H,16,17). The van der Waals surface area contributed by atoms with Crippen molar-refractivity contribution in [1.82, 2.24) is 4.98 Å². The Bertz CT molecular complexity index is 557. The minimum absolute atomic E-state index is 0.00432. The van der Waals surface area contributed by atoms with Gasteiger partial charge in [0.25, 0.3) is 0 Å². The van der Waals surface area contributed by atoms with Crippen molar-refractivity contribution in [3.05, 3.63) is 58.9 Å². The van der Waals surface area contributed by atoms with Gasteiger partial charge in [-0.25, -0.2) is 9.78 Å². The molecule has 2 rings (SSSR count). The van der Waals surface area contributed by atoms with Crippen LogP contribution in [0.2, 0.25) is 5.15 Å². The highest BCUT2D eigenvalue weighted by atomic mass is 35.5. The van der Waals surface area contributed by atoms with Crippen molar-refractivity contribution in [3.63, 3.8) is 0 Å². The number of pyridine rings is 1. The SMILES string of the molecule is O=C(O)c1cnc(Cl)cc1OCc1ccccc1. The zero-order valence-corrected chi connectivity index (χ0v) is 10.1. The lowest BCUT2D eigenvalue weighted by molar-refractivity contribution is 0.0691. The molecule has 0 spiro atoms. The third-order valence-electron chi connectivity index (χ3n) is 2.30. The van der Waals surface area contributed by atoms with Crippen molar-refractivity contribution in [1.29, 1.82) is 0 Å². The molecule has 0 bridgehead atoms. The summed E-state index contributed by atoms with van der Waals surface area (Å²) in [7, 11) is 0. The van der Waals surface area contributed by atoms with E-state index in [2.05, 4.69) is 4.98 Å². The van der Waals surface area contributed by atoms with Crippen LogP contribution in [-0.2, 0) is 6.61 Å². The fourth-order valence-corrected chi connectivity index (χ4v) is 1.58. The molecule has 0 saturated carbocycles. The van der Waals surface area contributed by atoms with E-state index in [1.807, 2.05) is 30.3 Å². The Balaban J connectivity index is 2.18. The van der Waals surface area contributed by atoms with Gasteiger partial charge in [-0.1, -0.05) is 41.9 Å². The molecule has 0 aliphatic heterocycles. The fourth-order valence-electron chi connectivity index (χ4n) is 1.43. The van der Waals surface area contributed by atoms with E-state index < -0.39 is 5.97 Å². The Morgan fingerprint density at radius 2 is 2.06 bits per heavy atom. The molecule has 1 N–H and O–H groups in total. The molecular formula is C13H10ClNO3. The number of carboxylic acids is 1. The van der Waals surface area contributed by atoms with Gasteiger partial charge in [0.05, 0.1) is 0 Å². The Kier molecular flexibility index (Phi) is 3.79. The van der Waals surface area contributed by atoms with Gasteiger partial charge in [0, 0.05) is 12.3 Å². The van der Waals surface area contributed by atoms with Crippen molar-refractivity contribution >= 4 is 17.6 Å². The lowest BCUT2D eigenvalue weighted by Crippen LogP contribution is -2.04. The minimum Gasteiger partial charge on any atom is -0.488 e. The first kappa shape index (κ1) is 12.4. The summed E-state index contributed by atoms with van der Waals surface area (Å²) in [6.07, 6.45) is 1.19. The molecule has 0 radical (unpaired) electrons. The van der Waals surface area contributed by atoms with Crippen LogP contribution < -0.4 is 4.74 Å². The van der Waals surface area contributed by atoms with Gasteiger partial charge in [-0.3, -0.25) is 0 Å². The topological polar surface area (TPSA) is 59.4 Å². The Morgan fingerprint density at radius 1 is 1.33 bits per heavy atom. The van der Waals surface area contributed by atoms with Crippen molar-refractivity contribution in [3.8, 4) is 5.75 Å². The summed E-state index contributed by atoms with van der Waals surface area (Å²) in [5.74, 6) is -0.881. The first-order valence-electron chi connectivity index (χ1n) is 5.22. The van der Waals surface area contributed by atoms with Crippen LogP contribution in [0.1, 0.15) is 15.9 Å². The second-order valence-electron chi connectivity index (χ2n) is 3.58. The molecule has 0 aliphatic carbocycles. The predicted molar refractivity (Wildman–Crippen MR) is 67.0 cm³/mol. The number of rotatable bonds is 4. The maximum Gasteiger partial charge on any atom is 0.341 e. The average Bonchev–Trinajstić information content (AvgIpc) is 2.37. The highest BCUT2D eigenvalue weighted by molar-refractivity contribution is 6.29. The molecule has 1 aromatic carbocycles. The first-order chi connectivity index (χ1) is 8.66. The fraction of sp³-hybridized carbons (Fsp3) is 0.0769. The monoisotopic (exact) mass is 263 g/mol. The third-order valence-corrected chi connectivity index (χ3v) is 2.51. The highest BCUT2D eigenvalue weighted by Crippen LogP contribution is 2.22. The van der Waals surface area contributed by atoms with Gasteiger partial charge in [0.1, 0.15) is 23.1 Å². The molecule has 1 aromatic heterocycles. The third kappa shape index (κ3) is 2.99. The molecule has 0 saturated heterocycles. The normalized spacial score (nSPS) is 10.1. The number of hydrogen-bond acceptors (Lipinski definition) is 3. The molecule has 2 aromatic rings. The number of aromatic carboxylic acids is 1. The highest BCUT2D eigenvalue weighted by Gasteiger charge is 2.12. The van der Waals surface area contributed by atoms with E-state index in [0.717, 1.165) is 5.56 Å². The number of carboxylic acid groups (broad SMARTS) is 1. The van der Waals surface area contributed by atoms with Gasteiger partial charge in [-0.2, -0.15) is 0 Å². The zero-order chi connectivity index (χ0) is 13.0. The number of nitrogens with zero attached hydrogens (tertiary/aromatic N) is 1.